The van der Waals surface area contributed by atoms with Crippen LogP contribution in [0.4, 0.5) is 4.79 Å². The van der Waals surface area contributed by atoms with Gasteiger partial charge in [-0.1, -0.05) is 22.0 Å². The van der Waals surface area contributed by atoms with E-state index in [1.807, 2.05) is 47.2 Å². The maximum Gasteiger partial charge on any atom is 0.293 e. The van der Waals surface area contributed by atoms with E-state index in [4.69, 9.17) is 4.74 Å². The number of hydrogen-bond acceptors (Lipinski definition) is 4. The van der Waals surface area contributed by atoms with Crippen LogP contribution < -0.4 is 0 Å². The highest BCUT2D eigenvalue weighted by Gasteiger charge is 2.34. The number of aromatic nitrogens is 1. The minimum Gasteiger partial charge on any atom is -0.383 e. The second-order valence-electron chi connectivity index (χ2n) is 5.11. The molecule has 0 unspecified atom stereocenters. The zero-order valence-corrected chi connectivity index (χ0v) is 15.3. The van der Waals surface area contributed by atoms with E-state index in [0.29, 0.717) is 11.5 Å². The van der Waals surface area contributed by atoms with E-state index in [2.05, 4.69) is 15.9 Å². The van der Waals surface area contributed by atoms with Gasteiger partial charge < -0.3 is 9.30 Å². The summed E-state index contributed by atoms with van der Waals surface area (Å²) in [6.07, 6.45) is 3.67. The van der Waals surface area contributed by atoms with E-state index in [0.717, 1.165) is 27.6 Å². The number of carbonyl (C=O) groups excluding carboxylic acids is 2. The molecule has 1 aliphatic rings. The topological polar surface area (TPSA) is 51.5 Å². The summed E-state index contributed by atoms with van der Waals surface area (Å²) in [4.78, 5) is 26.0. The number of rotatable bonds is 5. The molecule has 0 atom stereocenters. The number of carbonyl (C=O) groups is 2. The molecular formula is C17H15BrN2O3S. The van der Waals surface area contributed by atoms with Gasteiger partial charge in [-0.2, -0.15) is 0 Å². The normalized spacial score (nSPS) is 16.4. The lowest BCUT2D eigenvalue weighted by Crippen LogP contribution is -2.31. The zero-order chi connectivity index (χ0) is 17.1. The van der Waals surface area contributed by atoms with Crippen molar-refractivity contribution in [2.75, 3.05) is 20.3 Å². The highest BCUT2D eigenvalue weighted by molar-refractivity contribution is 9.10. The number of ether oxygens (including phenoxy) is 1. The third kappa shape index (κ3) is 3.48. The van der Waals surface area contributed by atoms with Gasteiger partial charge in [-0.05, 0) is 48.2 Å². The summed E-state index contributed by atoms with van der Waals surface area (Å²) in [5.41, 5.74) is 1.81. The van der Waals surface area contributed by atoms with Crippen LogP contribution >= 0.6 is 27.7 Å². The van der Waals surface area contributed by atoms with E-state index in [-0.39, 0.29) is 17.7 Å². The Bertz CT molecular complexity index is 816. The summed E-state index contributed by atoms with van der Waals surface area (Å²) in [6.45, 7) is 0.602. The Labute approximate surface area is 152 Å². The molecule has 0 spiro atoms. The van der Waals surface area contributed by atoms with Crippen molar-refractivity contribution in [3.63, 3.8) is 0 Å². The van der Waals surface area contributed by atoms with Crippen LogP contribution in [0.5, 0.6) is 0 Å². The van der Waals surface area contributed by atoms with E-state index in [1.54, 1.807) is 13.2 Å². The Kier molecular flexibility index (Phi) is 5.23. The molecule has 0 aliphatic carbocycles. The molecule has 7 heteroatoms. The van der Waals surface area contributed by atoms with Crippen molar-refractivity contribution in [2.24, 2.45) is 0 Å². The summed E-state index contributed by atoms with van der Waals surface area (Å²) in [5.74, 6) is -0.274. The number of hydrogen-bond donors (Lipinski definition) is 0. The third-order valence-corrected chi connectivity index (χ3v) is 4.94. The zero-order valence-electron chi connectivity index (χ0n) is 12.9. The molecule has 2 amide bonds. The van der Waals surface area contributed by atoms with E-state index >= 15 is 0 Å². The minimum atomic E-state index is -0.274. The van der Waals surface area contributed by atoms with Crippen LogP contribution in [-0.2, 0) is 9.53 Å². The van der Waals surface area contributed by atoms with Gasteiger partial charge in [-0.15, -0.1) is 0 Å². The molecule has 5 nitrogen and oxygen atoms in total. The molecule has 1 aliphatic heterocycles. The quantitative estimate of drug-likeness (QED) is 0.705. The number of methoxy groups -OCH3 is 1. The highest BCUT2D eigenvalue weighted by atomic mass is 79.9. The molecule has 124 valence electrons. The van der Waals surface area contributed by atoms with E-state index in [1.165, 1.54) is 4.90 Å². The number of thioether (sulfide) groups is 1. The first-order valence-corrected chi connectivity index (χ1v) is 8.88. The molecule has 2 heterocycles. The average Bonchev–Trinajstić information content (AvgIpc) is 3.12. The Hall–Kier alpha value is -1.83. The molecule has 3 rings (SSSR count). The van der Waals surface area contributed by atoms with Crippen molar-refractivity contribution in [1.29, 1.82) is 0 Å². The van der Waals surface area contributed by atoms with Crippen LogP contribution in [0.2, 0.25) is 0 Å². The number of nitrogens with zero attached hydrogens (tertiary/aromatic N) is 2. The molecule has 24 heavy (non-hydrogen) atoms. The van der Waals surface area contributed by atoms with Crippen molar-refractivity contribution in [1.82, 2.24) is 9.47 Å². The van der Waals surface area contributed by atoms with Gasteiger partial charge >= 0.3 is 0 Å². The first-order valence-electron chi connectivity index (χ1n) is 7.28. The van der Waals surface area contributed by atoms with E-state index in [9.17, 15) is 9.59 Å². The average molecular weight is 407 g/mol. The lowest BCUT2D eigenvalue weighted by molar-refractivity contribution is -0.123. The summed E-state index contributed by atoms with van der Waals surface area (Å²) in [7, 11) is 1.54. The van der Waals surface area contributed by atoms with Gasteiger partial charge in [0.15, 0.2) is 0 Å². The fourth-order valence-electron chi connectivity index (χ4n) is 2.38. The van der Waals surface area contributed by atoms with Crippen molar-refractivity contribution >= 4 is 44.9 Å². The Morgan fingerprint density at radius 3 is 2.83 bits per heavy atom. The van der Waals surface area contributed by atoms with Crippen LogP contribution in [-0.4, -0.2) is 40.9 Å². The second kappa shape index (κ2) is 7.38. The molecule has 0 saturated carbocycles. The van der Waals surface area contributed by atoms with Crippen LogP contribution in [0.15, 0.2) is 52.0 Å². The molecular weight excluding hydrogens is 392 g/mol. The molecule has 1 aromatic heterocycles. The van der Waals surface area contributed by atoms with Gasteiger partial charge in [-0.3, -0.25) is 14.5 Å². The predicted molar refractivity (Wildman–Crippen MR) is 98.0 cm³/mol. The van der Waals surface area contributed by atoms with Gasteiger partial charge in [0.05, 0.1) is 18.1 Å². The third-order valence-electron chi connectivity index (χ3n) is 3.54. The minimum absolute atomic E-state index is 0.260. The summed E-state index contributed by atoms with van der Waals surface area (Å²) in [6, 6.07) is 11.7. The number of amides is 2. The van der Waals surface area contributed by atoms with Crippen molar-refractivity contribution in [3.05, 3.63) is 57.7 Å². The van der Waals surface area contributed by atoms with Gasteiger partial charge in [-0.25, -0.2) is 0 Å². The number of halogens is 1. The van der Waals surface area contributed by atoms with Gasteiger partial charge in [0.1, 0.15) is 0 Å². The second-order valence-corrected chi connectivity index (χ2v) is 7.02. The maximum atomic E-state index is 12.4. The highest BCUT2D eigenvalue weighted by Crippen LogP contribution is 2.32. The SMILES string of the molecule is COCCN1C(=O)S/C(=C/c2cccn2-c2cccc(Br)c2)C1=O. The molecule has 0 bridgehead atoms. The van der Waals surface area contributed by atoms with Gasteiger partial charge in [0, 0.05) is 29.2 Å². The van der Waals surface area contributed by atoms with Crippen LogP contribution in [0.3, 0.4) is 0 Å². The molecule has 1 saturated heterocycles. The fourth-order valence-corrected chi connectivity index (χ4v) is 3.62. The van der Waals surface area contributed by atoms with Crippen LogP contribution in [0, 0.1) is 0 Å². The Morgan fingerprint density at radius 2 is 2.08 bits per heavy atom. The lowest BCUT2D eigenvalue weighted by Gasteiger charge is -2.11. The number of benzene rings is 1. The molecule has 0 N–H and O–H groups in total. The molecule has 1 fully saturated rings. The standard InChI is InChI=1S/C17H15BrN2O3S/c1-23-9-8-20-16(21)15(24-17(20)22)11-14-6-3-7-19(14)13-5-2-4-12(18)10-13/h2-7,10-11H,8-9H2,1H3/b15-11+. The van der Waals surface area contributed by atoms with Crippen molar-refractivity contribution < 1.29 is 14.3 Å². The molecule has 2 aromatic rings. The Balaban J connectivity index is 1.89. The summed E-state index contributed by atoms with van der Waals surface area (Å²) < 4.78 is 7.88. The predicted octanol–water partition coefficient (Wildman–Crippen LogP) is 3.92. The molecule has 0 radical (unpaired) electrons. The summed E-state index contributed by atoms with van der Waals surface area (Å²) >= 11 is 4.42. The van der Waals surface area contributed by atoms with Gasteiger partial charge in [0.25, 0.3) is 11.1 Å². The first kappa shape index (κ1) is 17.0. The smallest absolute Gasteiger partial charge is 0.293 e. The van der Waals surface area contributed by atoms with Crippen molar-refractivity contribution in [3.8, 4) is 5.69 Å². The van der Waals surface area contributed by atoms with Crippen LogP contribution in [0.1, 0.15) is 5.69 Å². The Morgan fingerprint density at radius 1 is 1.25 bits per heavy atom. The largest absolute Gasteiger partial charge is 0.383 e. The fraction of sp³-hybridized carbons (Fsp3) is 0.176. The van der Waals surface area contributed by atoms with E-state index < -0.39 is 0 Å². The maximum absolute atomic E-state index is 12.4. The lowest BCUT2D eigenvalue weighted by atomic mass is 10.3. The van der Waals surface area contributed by atoms with Gasteiger partial charge in [0.2, 0.25) is 0 Å². The summed E-state index contributed by atoms with van der Waals surface area (Å²) in [5, 5.41) is -0.260. The molecule has 1 aromatic carbocycles. The van der Waals surface area contributed by atoms with Crippen LogP contribution in [0.25, 0.3) is 11.8 Å². The number of imide groups is 1. The first-order chi connectivity index (χ1) is 11.6. The monoisotopic (exact) mass is 406 g/mol. The van der Waals surface area contributed by atoms with Crippen molar-refractivity contribution in [2.45, 2.75) is 0 Å².